The van der Waals surface area contributed by atoms with Crippen LogP contribution in [0.15, 0.2) is 60.7 Å². The summed E-state index contributed by atoms with van der Waals surface area (Å²) in [6, 6.07) is 20.8. The van der Waals surface area contributed by atoms with Gasteiger partial charge in [0.1, 0.15) is 44.2 Å². The van der Waals surface area contributed by atoms with E-state index >= 15 is 0 Å². The number of nitrogens with one attached hydrogen (secondary N) is 2. The lowest BCUT2D eigenvalue weighted by molar-refractivity contribution is -0.104. The van der Waals surface area contributed by atoms with E-state index in [1.807, 2.05) is 0 Å². The maximum atomic E-state index is 10.6. The highest BCUT2D eigenvalue weighted by atomic mass is 32.1. The molecule has 0 radical (unpaired) electrons. The Hall–Kier alpha value is -4.86. The zero-order chi connectivity index (χ0) is 33.2. The standard InChI is InChI=1S/2C16H15N3O3S/c2*1-16(2)15(20)14(21-12-5-6-13(23)19-18-12)10-7-9(8-17)3-4-11(10)22-16/h2*3-7,14-15,20H,1-2H3,(H,19,23). The number of fused-ring (bicyclic) bond motifs is 2. The van der Waals surface area contributed by atoms with E-state index in [2.05, 4.69) is 32.5 Å². The lowest BCUT2D eigenvalue weighted by atomic mass is 9.88. The van der Waals surface area contributed by atoms with Gasteiger partial charge in [-0.05, 0) is 76.2 Å². The van der Waals surface area contributed by atoms with E-state index in [0.29, 0.717) is 54.8 Å². The van der Waals surface area contributed by atoms with Crippen LogP contribution in [0.1, 0.15) is 62.2 Å². The highest BCUT2D eigenvalue weighted by molar-refractivity contribution is 7.71. The van der Waals surface area contributed by atoms with E-state index in [1.54, 1.807) is 88.4 Å². The van der Waals surface area contributed by atoms with Crippen molar-refractivity contribution < 1.29 is 29.2 Å². The Labute approximate surface area is 274 Å². The maximum absolute atomic E-state index is 10.6. The van der Waals surface area contributed by atoms with Crippen LogP contribution >= 0.6 is 24.4 Å². The molecule has 2 aliphatic heterocycles. The average Bonchev–Trinajstić information content (AvgIpc) is 3.03. The first-order chi connectivity index (χ1) is 21.8. The first kappa shape index (κ1) is 32.5. The van der Waals surface area contributed by atoms with Gasteiger partial charge in [-0.1, -0.05) is 24.4 Å². The number of aromatic nitrogens is 4. The van der Waals surface area contributed by atoms with Gasteiger partial charge in [-0.3, -0.25) is 10.2 Å². The molecular formula is C32H30N6O6S2. The van der Waals surface area contributed by atoms with Gasteiger partial charge >= 0.3 is 0 Å². The smallest absolute Gasteiger partial charge is 0.231 e. The fourth-order valence-corrected chi connectivity index (χ4v) is 5.16. The van der Waals surface area contributed by atoms with Crippen molar-refractivity contribution in [3.8, 4) is 35.4 Å². The number of nitrogens with zero attached hydrogens (tertiary/aromatic N) is 4. The van der Waals surface area contributed by atoms with Gasteiger partial charge in [-0.25, -0.2) is 0 Å². The molecular weight excluding hydrogens is 629 g/mol. The zero-order valence-electron chi connectivity index (χ0n) is 25.2. The molecule has 0 spiro atoms. The molecule has 2 aromatic heterocycles. The van der Waals surface area contributed by atoms with Crippen LogP contribution in [0, 0.1) is 31.9 Å². The van der Waals surface area contributed by atoms with Gasteiger partial charge in [0.05, 0.1) is 23.3 Å². The molecule has 0 amide bonds. The predicted octanol–water partition coefficient (Wildman–Crippen LogP) is 5.33. The van der Waals surface area contributed by atoms with Crippen LogP contribution in [0.2, 0.25) is 0 Å². The molecule has 2 aromatic carbocycles. The van der Waals surface area contributed by atoms with Crippen LogP contribution in [0.3, 0.4) is 0 Å². The predicted molar refractivity (Wildman–Crippen MR) is 169 cm³/mol. The molecule has 236 valence electrons. The average molecular weight is 659 g/mol. The molecule has 0 aliphatic carbocycles. The molecule has 4 aromatic rings. The van der Waals surface area contributed by atoms with Crippen molar-refractivity contribution in [1.82, 2.24) is 20.4 Å². The third-order valence-corrected chi connectivity index (χ3v) is 7.89. The van der Waals surface area contributed by atoms with E-state index in [9.17, 15) is 10.2 Å². The second-order valence-electron chi connectivity index (χ2n) is 11.6. The van der Waals surface area contributed by atoms with Crippen molar-refractivity contribution >= 4 is 24.4 Å². The minimum absolute atomic E-state index is 0.300. The van der Waals surface area contributed by atoms with Gasteiger partial charge in [-0.2, -0.15) is 10.5 Å². The van der Waals surface area contributed by atoms with Crippen LogP contribution in [-0.4, -0.2) is 54.0 Å². The van der Waals surface area contributed by atoms with Crippen LogP contribution in [0.25, 0.3) is 0 Å². The van der Waals surface area contributed by atoms with E-state index in [-0.39, 0.29) is 0 Å². The number of hydrogen-bond donors (Lipinski definition) is 4. The minimum Gasteiger partial charge on any atom is -0.485 e. The first-order valence-corrected chi connectivity index (χ1v) is 14.9. The van der Waals surface area contributed by atoms with Crippen LogP contribution in [-0.2, 0) is 0 Å². The molecule has 4 unspecified atom stereocenters. The van der Waals surface area contributed by atoms with Crippen molar-refractivity contribution in [3.05, 3.63) is 92.2 Å². The van der Waals surface area contributed by atoms with Crippen LogP contribution in [0.5, 0.6) is 23.3 Å². The Morgan fingerprint density at radius 1 is 0.696 bits per heavy atom. The molecule has 12 nitrogen and oxygen atoms in total. The van der Waals surface area contributed by atoms with Gasteiger partial charge in [0, 0.05) is 23.3 Å². The fraction of sp³-hybridized carbons (Fsp3) is 0.312. The molecule has 0 saturated heterocycles. The first-order valence-electron chi connectivity index (χ1n) is 14.1. The number of aromatic amines is 2. The lowest BCUT2D eigenvalue weighted by Gasteiger charge is -2.41. The number of hydrogen-bond acceptors (Lipinski definition) is 12. The molecule has 4 atom stereocenters. The summed E-state index contributed by atoms with van der Waals surface area (Å²) in [5.41, 5.74) is 0.475. The quantitative estimate of drug-likeness (QED) is 0.207. The molecule has 0 bridgehead atoms. The molecule has 4 N–H and O–H groups in total. The van der Waals surface area contributed by atoms with E-state index in [1.165, 1.54) is 0 Å². The Bertz CT molecular complexity index is 1780. The van der Waals surface area contributed by atoms with E-state index < -0.39 is 35.6 Å². The highest BCUT2D eigenvalue weighted by Crippen LogP contribution is 2.43. The zero-order valence-corrected chi connectivity index (χ0v) is 26.8. The number of rotatable bonds is 4. The Balaban J connectivity index is 0.000000181. The van der Waals surface area contributed by atoms with Crippen LogP contribution < -0.4 is 18.9 Å². The number of aliphatic hydroxyl groups is 2. The third kappa shape index (κ3) is 6.85. The van der Waals surface area contributed by atoms with Crippen LogP contribution in [0.4, 0.5) is 0 Å². The number of aliphatic hydroxyl groups excluding tert-OH is 2. The minimum atomic E-state index is -0.936. The largest absolute Gasteiger partial charge is 0.485 e. The second-order valence-corrected chi connectivity index (χ2v) is 12.5. The summed E-state index contributed by atoms with van der Waals surface area (Å²) in [7, 11) is 0. The number of nitriles is 2. The number of H-pyrrole nitrogens is 2. The maximum Gasteiger partial charge on any atom is 0.231 e. The molecule has 14 heteroatoms. The summed E-state index contributed by atoms with van der Waals surface area (Å²) in [5, 5.41) is 52.7. The van der Waals surface area contributed by atoms with Gasteiger partial charge in [0.25, 0.3) is 0 Å². The van der Waals surface area contributed by atoms with Gasteiger partial charge in [-0.15, -0.1) is 10.2 Å². The van der Waals surface area contributed by atoms with Crippen molar-refractivity contribution in [3.63, 3.8) is 0 Å². The summed E-state index contributed by atoms with van der Waals surface area (Å²) in [5.74, 6) is 1.75. The topological polar surface area (TPSA) is 182 Å². The normalized spacial score (nSPS) is 21.7. The summed E-state index contributed by atoms with van der Waals surface area (Å²) in [6.45, 7) is 7.12. The lowest BCUT2D eigenvalue weighted by Crippen LogP contribution is -2.50. The number of benzene rings is 2. The SMILES string of the molecule is CC1(C)Oc2ccc(C#N)cc2C(Oc2ccc(=S)[nH]n2)C1O.CC1(C)Oc2ccc(C#N)cc2C(Oc2ccc(=S)[nH]n2)C1O. The fourth-order valence-electron chi connectivity index (χ4n) is 4.93. The molecule has 0 fully saturated rings. The van der Waals surface area contributed by atoms with E-state index in [4.69, 9.17) is 53.9 Å². The summed E-state index contributed by atoms with van der Waals surface area (Å²) >= 11 is 9.90. The van der Waals surface area contributed by atoms with Crippen molar-refractivity contribution in [2.45, 2.75) is 63.3 Å². The Kier molecular flexibility index (Phi) is 9.10. The highest BCUT2D eigenvalue weighted by Gasteiger charge is 2.46. The van der Waals surface area contributed by atoms with Crippen molar-refractivity contribution in [1.29, 1.82) is 10.5 Å². The summed E-state index contributed by atoms with van der Waals surface area (Å²) in [6.07, 6.45) is -3.29. The molecule has 0 saturated carbocycles. The Morgan fingerprint density at radius 2 is 1.09 bits per heavy atom. The van der Waals surface area contributed by atoms with Crippen molar-refractivity contribution in [2.75, 3.05) is 0 Å². The third-order valence-electron chi connectivity index (χ3n) is 7.44. The monoisotopic (exact) mass is 658 g/mol. The molecule has 2 aliphatic rings. The van der Waals surface area contributed by atoms with Gasteiger partial charge in [0.2, 0.25) is 11.8 Å². The second kappa shape index (κ2) is 12.9. The van der Waals surface area contributed by atoms with Gasteiger partial charge < -0.3 is 29.2 Å². The number of ether oxygens (including phenoxy) is 4. The summed E-state index contributed by atoms with van der Waals surface area (Å²) in [4.78, 5) is 0. The van der Waals surface area contributed by atoms with Crippen molar-refractivity contribution in [2.24, 2.45) is 0 Å². The Morgan fingerprint density at radius 3 is 1.41 bits per heavy atom. The van der Waals surface area contributed by atoms with E-state index in [0.717, 1.165) is 0 Å². The molecule has 46 heavy (non-hydrogen) atoms. The molecule has 6 rings (SSSR count). The molecule has 4 heterocycles. The summed E-state index contributed by atoms with van der Waals surface area (Å²) < 4.78 is 24.3. The van der Waals surface area contributed by atoms with Gasteiger partial charge in [0.15, 0.2) is 12.2 Å².